The topological polar surface area (TPSA) is 47.4 Å². The maximum atomic E-state index is 13.3. The Bertz CT molecular complexity index is 1050. The van der Waals surface area contributed by atoms with E-state index in [0.717, 1.165) is 30.8 Å². The summed E-state index contributed by atoms with van der Waals surface area (Å²) in [5.41, 5.74) is 1.52. The Balaban J connectivity index is 1.56. The molecule has 5 nitrogen and oxygen atoms in total. The van der Waals surface area contributed by atoms with E-state index in [2.05, 4.69) is 4.98 Å². The van der Waals surface area contributed by atoms with Crippen molar-refractivity contribution in [1.82, 2.24) is 14.5 Å². The molecule has 1 saturated heterocycles. The number of halogens is 3. The molecule has 0 radical (unpaired) electrons. The standard InChI is InChI=1S/C23H22Cl3N3O2/c24-18-6-3-16(4-7-18)23(30)29(14-20-2-1-11-31-20)15-22-27-9-10-28(22)13-17-5-8-19(25)12-21(17)26/h3-10,12,20H,1-2,11,13-15H2/t20-/m0/s1. The molecule has 3 aromatic rings. The second-order valence-electron chi connectivity index (χ2n) is 7.53. The maximum Gasteiger partial charge on any atom is 0.254 e. The third-order valence-corrected chi connectivity index (χ3v) is 6.16. The zero-order valence-corrected chi connectivity index (χ0v) is 19.1. The van der Waals surface area contributed by atoms with Gasteiger partial charge in [-0.3, -0.25) is 4.79 Å². The van der Waals surface area contributed by atoms with Crippen molar-refractivity contribution in [3.63, 3.8) is 0 Å². The predicted molar refractivity (Wildman–Crippen MR) is 123 cm³/mol. The molecule has 162 valence electrons. The van der Waals surface area contributed by atoms with Crippen LogP contribution in [0.25, 0.3) is 0 Å². The van der Waals surface area contributed by atoms with Crippen LogP contribution in [0, 0.1) is 0 Å². The van der Waals surface area contributed by atoms with Crippen LogP contribution in [-0.2, 0) is 17.8 Å². The summed E-state index contributed by atoms with van der Waals surface area (Å²) in [5, 5.41) is 1.79. The second kappa shape index (κ2) is 10.0. The average Bonchev–Trinajstić information content (AvgIpc) is 3.42. The first-order valence-electron chi connectivity index (χ1n) is 10.1. The molecule has 0 saturated carbocycles. The molecule has 1 fully saturated rings. The molecule has 1 atom stereocenters. The normalized spacial score (nSPS) is 15.9. The van der Waals surface area contributed by atoms with E-state index in [9.17, 15) is 4.79 Å². The van der Waals surface area contributed by atoms with Gasteiger partial charge in [0.25, 0.3) is 5.91 Å². The number of amides is 1. The Hall–Kier alpha value is -2.05. The minimum Gasteiger partial charge on any atom is -0.376 e. The molecule has 0 N–H and O–H groups in total. The SMILES string of the molecule is O=C(c1ccc(Cl)cc1)N(Cc1nccn1Cc1ccc(Cl)cc1Cl)C[C@@H]1CCCO1. The van der Waals surface area contributed by atoms with Gasteiger partial charge >= 0.3 is 0 Å². The minimum absolute atomic E-state index is 0.0328. The monoisotopic (exact) mass is 477 g/mol. The van der Waals surface area contributed by atoms with Crippen molar-refractivity contribution in [1.29, 1.82) is 0 Å². The molecule has 1 aliphatic rings. The Kier molecular flexibility index (Phi) is 7.18. The van der Waals surface area contributed by atoms with Crippen molar-refractivity contribution in [2.75, 3.05) is 13.2 Å². The lowest BCUT2D eigenvalue weighted by molar-refractivity contribution is 0.0499. The molecule has 0 spiro atoms. The highest BCUT2D eigenvalue weighted by molar-refractivity contribution is 6.35. The average molecular weight is 479 g/mol. The van der Waals surface area contributed by atoms with Crippen molar-refractivity contribution in [2.45, 2.75) is 32.0 Å². The summed E-state index contributed by atoms with van der Waals surface area (Å²) in [5.74, 6) is 0.692. The van der Waals surface area contributed by atoms with Gasteiger partial charge in [-0.15, -0.1) is 0 Å². The van der Waals surface area contributed by atoms with Crippen LogP contribution in [0.15, 0.2) is 54.9 Å². The Morgan fingerprint density at radius 1 is 1.13 bits per heavy atom. The number of aromatic nitrogens is 2. The Morgan fingerprint density at radius 3 is 2.61 bits per heavy atom. The second-order valence-corrected chi connectivity index (χ2v) is 8.81. The van der Waals surface area contributed by atoms with Crippen LogP contribution in [0.2, 0.25) is 15.1 Å². The van der Waals surface area contributed by atoms with E-state index >= 15 is 0 Å². The fourth-order valence-corrected chi connectivity index (χ4v) is 4.26. The molecular weight excluding hydrogens is 457 g/mol. The number of carbonyl (C=O) groups excluding carboxylic acids is 1. The van der Waals surface area contributed by atoms with E-state index < -0.39 is 0 Å². The quantitative estimate of drug-likeness (QED) is 0.437. The highest BCUT2D eigenvalue weighted by atomic mass is 35.5. The summed E-state index contributed by atoms with van der Waals surface area (Å²) in [7, 11) is 0. The highest BCUT2D eigenvalue weighted by Gasteiger charge is 2.25. The van der Waals surface area contributed by atoms with Crippen molar-refractivity contribution >= 4 is 40.7 Å². The van der Waals surface area contributed by atoms with E-state index in [0.29, 0.717) is 40.3 Å². The third kappa shape index (κ3) is 5.60. The minimum atomic E-state index is -0.0776. The number of benzene rings is 2. The molecule has 8 heteroatoms. The van der Waals surface area contributed by atoms with Crippen LogP contribution in [0.4, 0.5) is 0 Å². The van der Waals surface area contributed by atoms with Crippen LogP contribution in [0.3, 0.4) is 0 Å². The summed E-state index contributed by atoms with van der Waals surface area (Å²) in [4.78, 5) is 19.6. The van der Waals surface area contributed by atoms with Crippen LogP contribution in [0.1, 0.15) is 34.6 Å². The molecule has 1 aliphatic heterocycles. The number of carbonyl (C=O) groups is 1. The Morgan fingerprint density at radius 2 is 1.90 bits per heavy atom. The number of hydrogen-bond donors (Lipinski definition) is 0. The summed E-state index contributed by atoms with van der Waals surface area (Å²) in [6, 6.07) is 12.4. The lowest BCUT2D eigenvalue weighted by Gasteiger charge is -2.26. The number of nitrogens with zero attached hydrogens (tertiary/aromatic N) is 3. The number of imidazole rings is 1. The molecule has 0 bridgehead atoms. The first-order chi connectivity index (χ1) is 15.0. The van der Waals surface area contributed by atoms with Crippen molar-refractivity contribution < 1.29 is 9.53 Å². The number of ether oxygens (including phenoxy) is 1. The van der Waals surface area contributed by atoms with Crippen LogP contribution in [0.5, 0.6) is 0 Å². The summed E-state index contributed by atoms with van der Waals surface area (Å²) in [6.45, 7) is 2.14. The lowest BCUT2D eigenvalue weighted by Crippen LogP contribution is -2.37. The molecule has 0 aliphatic carbocycles. The van der Waals surface area contributed by atoms with E-state index in [4.69, 9.17) is 39.5 Å². The molecule has 4 rings (SSSR count). The van der Waals surface area contributed by atoms with E-state index in [1.54, 1.807) is 41.4 Å². The van der Waals surface area contributed by atoms with Gasteiger partial charge in [0.05, 0.1) is 19.2 Å². The van der Waals surface area contributed by atoms with Crippen LogP contribution < -0.4 is 0 Å². The number of hydrogen-bond acceptors (Lipinski definition) is 3. The largest absolute Gasteiger partial charge is 0.376 e. The van der Waals surface area contributed by atoms with Gasteiger partial charge in [0.2, 0.25) is 0 Å². The smallest absolute Gasteiger partial charge is 0.254 e. The zero-order chi connectivity index (χ0) is 21.8. The van der Waals surface area contributed by atoms with Crippen LogP contribution in [-0.4, -0.2) is 39.6 Å². The van der Waals surface area contributed by atoms with E-state index in [1.165, 1.54) is 0 Å². The molecule has 1 aromatic heterocycles. The molecule has 2 heterocycles. The van der Waals surface area contributed by atoms with Gasteiger partial charge in [0.15, 0.2) is 0 Å². The molecular formula is C23H22Cl3N3O2. The summed E-state index contributed by atoms with van der Waals surface area (Å²) in [6.07, 6.45) is 5.61. The van der Waals surface area contributed by atoms with Gasteiger partial charge in [-0.1, -0.05) is 40.9 Å². The predicted octanol–water partition coefficient (Wildman–Crippen LogP) is 5.71. The zero-order valence-electron chi connectivity index (χ0n) is 16.8. The fraction of sp³-hybridized carbons (Fsp3) is 0.304. The van der Waals surface area contributed by atoms with E-state index in [1.807, 2.05) is 22.9 Å². The van der Waals surface area contributed by atoms with Gasteiger partial charge in [0.1, 0.15) is 5.82 Å². The summed E-state index contributed by atoms with van der Waals surface area (Å²) < 4.78 is 7.78. The molecule has 31 heavy (non-hydrogen) atoms. The van der Waals surface area contributed by atoms with Crippen molar-refractivity contribution in [2.24, 2.45) is 0 Å². The number of rotatable bonds is 7. The molecule has 2 aromatic carbocycles. The van der Waals surface area contributed by atoms with Crippen LogP contribution >= 0.6 is 34.8 Å². The van der Waals surface area contributed by atoms with Gasteiger partial charge in [-0.05, 0) is 54.8 Å². The first kappa shape index (κ1) is 22.2. The highest BCUT2D eigenvalue weighted by Crippen LogP contribution is 2.23. The maximum absolute atomic E-state index is 13.3. The Labute approximate surface area is 196 Å². The van der Waals surface area contributed by atoms with Crippen molar-refractivity contribution in [3.05, 3.63) is 86.9 Å². The molecule has 1 amide bonds. The third-order valence-electron chi connectivity index (χ3n) is 5.32. The van der Waals surface area contributed by atoms with Gasteiger partial charge < -0.3 is 14.2 Å². The van der Waals surface area contributed by atoms with Gasteiger partial charge in [-0.2, -0.15) is 0 Å². The lowest BCUT2D eigenvalue weighted by atomic mass is 10.1. The van der Waals surface area contributed by atoms with Gasteiger partial charge in [0, 0.05) is 46.2 Å². The first-order valence-corrected chi connectivity index (χ1v) is 11.2. The van der Waals surface area contributed by atoms with Crippen molar-refractivity contribution in [3.8, 4) is 0 Å². The fourth-order valence-electron chi connectivity index (χ4n) is 3.67. The van der Waals surface area contributed by atoms with E-state index in [-0.39, 0.29) is 12.0 Å². The molecule has 0 unspecified atom stereocenters. The van der Waals surface area contributed by atoms with Gasteiger partial charge in [-0.25, -0.2) is 4.98 Å². The summed E-state index contributed by atoms with van der Waals surface area (Å²) >= 11 is 18.4.